The van der Waals surface area contributed by atoms with Gasteiger partial charge in [-0.05, 0) is 31.7 Å². The van der Waals surface area contributed by atoms with E-state index in [9.17, 15) is 0 Å². The predicted molar refractivity (Wildman–Crippen MR) is 64.9 cm³/mol. The SMILES string of the molecule is COc1ccc(NN=C2CCCCC2)cn1. The van der Waals surface area contributed by atoms with Crippen LogP contribution < -0.4 is 10.2 Å². The maximum absolute atomic E-state index is 4.99. The van der Waals surface area contributed by atoms with Crippen molar-refractivity contribution in [3.05, 3.63) is 18.3 Å². The second kappa shape index (κ2) is 5.49. The highest BCUT2D eigenvalue weighted by molar-refractivity contribution is 5.85. The van der Waals surface area contributed by atoms with Crippen LogP contribution in [0.2, 0.25) is 0 Å². The van der Waals surface area contributed by atoms with Gasteiger partial charge < -0.3 is 4.74 Å². The van der Waals surface area contributed by atoms with Crippen LogP contribution in [-0.2, 0) is 0 Å². The Hall–Kier alpha value is -1.58. The summed E-state index contributed by atoms with van der Waals surface area (Å²) in [7, 11) is 1.61. The summed E-state index contributed by atoms with van der Waals surface area (Å²) in [4.78, 5) is 4.11. The first-order valence-corrected chi connectivity index (χ1v) is 5.70. The summed E-state index contributed by atoms with van der Waals surface area (Å²) in [5.74, 6) is 0.621. The lowest BCUT2D eigenvalue weighted by atomic mass is 9.99. The molecule has 1 N–H and O–H groups in total. The molecule has 4 heteroatoms. The molecule has 0 unspecified atom stereocenters. The first-order valence-electron chi connectivity index (χ1n) is 5.70. The number of pyridine rings is 1. The van der Waals surface area contributed by atoms with Gasteiger partial charge in [0.15, 0.2) is 0 Å². The zero-order valence-electron chi connectivity index (χ0n) is 9.57. The van der Waals surface area contributed by atoms with Crippen molar-refractivity contribution >= 4 is 11.4 Å². The van der Waals surface area contributed by atoms with E-state index in [0.717, 1.165) is 18.5 Å². The van der Waals surface area contributed by atoms with E-state index in [0.29, 0.717) is 5.88 Å². The van der Waals surface area contributed by atoms with Crippen molar-refractivity contribution in [2.24, 2.45) is 5.10 Å². The maximum Gasteiger partial charge on any atom is 0.213 e. The largest absolute Gasteiger partial charge is 0.481 e. The highest BCUT2D eigenvalue weighted by Crippen LogP contribution is 2.16. The summed E-state index contributed by atoms with van der Waals surface area (Å²) in [6.45, 7) is 0. The molecule has 0 amide bonds. The van der Waals surface area contributed by atoms with E-state index in [1.807, 2.05) is 12.1 Å². The van der Waals surface area contributed by atoms with Crippen molar-refractivity contribution in [2.75, 3.05) is 12.5 Å². The summed E-state index contributed by atoms with van der Waals surface area (Å²) in [6.07, 6.45) is 7.84. The Kier molecular flexibility index (Phi) is 3.75. The van der Waals surface area contributed by atoms with Gasteiger partial charge in [-0.2, -0.15) is 5.10 Å². The third-order valence-corrected chi connectivity index (χ3v) is 2.72. The zero-order valence-corrected chi connectivity index (χ0v) is 9.57. The van der Waals surface area contributed by atoms with Crippen LogP contribution in [0.3, 0.4) is 0 Å². The first-order chi connectivity index (χ1) is 7.88. The molecule has 0 aliphatic heterocycles. The van der Waals surface area contributed by atoms with Gasteiger partial charge in [0, 0.05) is 11.8 Å². The smallest absolute Gasteiger partial charge is 0.213 e. The van der Waals surface area contributed by atoms with Gasteiger partial charge in [0.2, 0.25) is 5.88 Å². The number of methoxy groups -OCH3 is 1. The molecular formula is C12H17N3O. The third-order valence-electron chi connectivity index (χ3n) is 2.72. The van der Waals surface area contributed by atoms with Crippen LogP contribution in [0.1, 0.15) is 32.1 Å². The van der Waals surface area contributed by atoms with Gasteiger partial charge in [0.25, 0.3) is 0 Å². The Balaban J connectivity index is 1.92. The number of rotatable bonds is 3. The highest BCUT2D eigenvalue weighted by atomic mass is 16.5. The Bertz CT molecular complexity index is 351. The van der Waals surface area contributed by atoms with Crippen molar-refractivity contribution < 1.29 is 4.74 Å². The van der Waals surface area contributed by atoms with E-state index in [1.165, 1.54) is 25.0 Å². The van der Waals surface area contributed by atoms with Crippen LogP contribution in [0, 0.1) is 0 Å². The van der Waals surface area contributed by atoms with E-state index < -0.39 is 0 Å². The number of nitrogens with one attached hydrogen (secondary N) is 1. The quantitative estimate of drug-likeness (QED) is 0.795. The Labute approximate surface area is 95.7 Å². The Morgan fingerprint density at radius 2 is 2.06 bits per heavy atom. The fourth-order valence-corrected chi connectivity index (χ4v) is 1.78. The standard InChI is InChI=1S/C12H17N3O/c1-16-12-8-7-11(9-13-12)15-14-10-5-3-2-4-6-10/h7-9,15H,2-6H2,1H3. The van der Waals surface area contributed by atoms with E-state index in [2.05, 4.69) is 15.5 Å². The molecule has 0 aromatic carbocycles. The molecule has 1 heterocycles. The summed E-state index contributed by atoms with van der Waals surface area (Å²) in [5.41, 5.74) is 5.20. The summed E-state index contributed by atoms with van der Waals surface area (Å²) in [6, 6.07) is 3.74. The minimum absolute atomic E-state index is 0.621. The molecule has 0 bridgehead atoms. The lowest BCUT2D eigenvalue weighted by Gasteiger charge is -2.12. The number of aromatic nitrogens is 1. The molecule has 4 nitrogen and oxygen atoms in total. The van der Waals surface area contributed by atoms with Crippen molar-refractivity contribution in [3.63, 3.8) is 0 Å². The fourth-order valence-electron chi connectivity index (χ4n) is 1.78. The molecule has 1 aromatic rings. The molecule has 0 atom stereocenters. The van der Waals surface area contributed by atoms with E-state index in [4.69, 9.17) is 4.74 Å². The normalized spacial score (nSPS) is 15.7. The average molecular weight is 219 g/mol. The van der Waals surface area contributed by atoms with Gasteiger partial charge in [-0.3, -0.25) is 5.43 Å². The van der Waals surface area contributed by atoms with Gasteiger partial charge in [0.1, 0.15) is 0 Å². The molecule has 1 saturated carbocycles. The van der Waals surface area contributed by atoms with Crippen molar-refractivity contribution in [1.29, 1.82) is 0 Å². The Morgan fingerprint density at radius 1 is 1.25 bits per heavy atom. The monoisotopic (exact) mass is 219 g/mol. The van der Waals surface area contributed by atoms with Crippen LogP contribution in [-0.4, -0.2) is 17.8 Å². The summed E-state index contributed by atoms with van der Waals surface area (Å²) in [5, 5.41) is 4.39. The molecule has 16 heavy (non-hydrogen) atoms. The van der Waals surface area contributed by atoms with E-state index in [-0.39, 0.29) is 0 Å². The maximum atomic E-state index is 4.99. The molecule has 0 spiro atoms. The predicted octanol–water partition coefficient (Wildman–Crippen LogP) is 2.82. The molecule has 1 aliphatic rings. The lowest BCUT2D eigenvalue weighted by Crippen LogP contribution is -2.07. The number of anilines is 1. The molecule has 1 fully saturated rings. The first kappa shape index (κ1) is 10.9. The van der Waals surface area contributed by atoms with E-state index >= 15 is 0 Å². The molecule has 86 valence electrons. The molecule has 2 rings (SSSR count). The molecule has 0 saturated heterocycles. The van der Waals surface area contributed by atoms with Gasteiger partial charge in [-0.15, -0.1) is 0 Å². The van der Waals surface area contributed by atoms with Gasteiger partial charge in [-0.25, -0.2) is 4.98 Å². The zero-order chi connectivity index (χ0) is 11.2. The second-order valence-electron chi connectivity index (χ2n) is 3.94. The second-order valence-corrected chi connectivity index (χ2v) is 3.94. The molecule has 1 aliphatic carbocycles. The van der Waals surface area contributed by atoms with Crippen LogP contribution in [0.5, 0.6) is 5.88 Å². The summed E-state index contributed by atoms with van der Waals surface area (Å²) >= 11 is 0. The van der Waals surface area contributed by atoms with Crippen molar-refractivity contribution in [1.82, 2.24) is 4.98 Å². The summed E-state index contributed by atoms with van der Waals surface area (Å²) < 4.78 is 4.99. The number of ether oxygens (including phenoxy) is 1. The fraction of sp³-hybridized carbons (Fsp3) is 0.500. The van der Waals surface area contributed by atoms with Gasteiger partial charge in [-0.1, -0.05) is 6.42 Å². The molecule has 1 aromatic heterocycles. The van der Waals surface area contributed by atoms with Crippen LogP contribution in [0.4, 0.5) is 5.69 Å². The number of hydrazone groups is 1. The van der Waals surface area contributed by atoms with Crippen molar-refractivity contribution in [3.8, 4) is 5.88 Å². The van der Waals surface area contributed by atoms with Crippen LogP contribution in [0.25, 0.3) is 0 Å². The molecule has 0 radical (unpaired) electrons. The van der Waals surface area contributed by atoms with Gasteiger partial charge >= 0.3 is 0 Å². The number of hydrogen-bond acceptors (Lipinski definition) is 4. The van der Waals surface area contributed by atoms with Crippen molar-refractivity contribution in [2.45, 2.75) is 32.1 Å². The van der Waals surface area contributed by atoms with Gasteiger partial charge in [0.05, 0.1) is 19.0 Å². The highest BCUT2D eigenvalue weighted by Gasteiger charge is 2.06. The third kappa shape index (κ3) is 2.95. The van der Waals surface area contributed by atoms with E-state index in [1.54, 1.807) is 13.3 Å². The molecular weight excluding hydrogens is 202 g/mol. The topological polar surface area (TPSA) is 46.5 Å². The number of nitrogens with zero attached hydrogens (tertiary/aromatic N) is 2. The minimum atomic E-state index is 0.621. The average Bonchev–Trinajstić information content (AvgIpc) is 2.38. The van der Waals surface area contributed by atoms with Crippen LogP contribution >= 0.6 is 0 Å². The lowest BCUT2D eigenvalue weighted by molar-refractivity contribution is 0.398. The minimum Gasteiger partial charge on any atom is -0.481 e. The van der Waals surface area contributed by atoms with Crippen LogP contribution in [0.15, 0.2) is 23.4 Å². The number of hydrogen-bond donors (Lipinski definition) is 1. The Morgan fingerprint density at radius 3 is 2.69 bits per heavy atom.